The first-order valence-corrected chi connectivity index (χ1v) is 8.73. The normalized spacial score (nSPS) is 15.5. The summed E-state index contributed by atoms with van der Waals surface area (Å²) in [5.74, 6) is 0.456. The maximum absolute atomic E-state index is 12.1. The van der Waals surface area contributed by atoms with Crippen molar-refractivity contribution in [2.75, 3.05) is 19.8 Å². The van der Waals surface area contributed by atoms with Gasteiger partial charge in [0, 0.05) is 42.8 Å². The zero-order valence-electron chi connectivity index (χ0n) is 12.8. The number of benzene rings is 1. The fourth-order valence-electron chi connectivity index (χ4n) is 2.79. The van der Waals surface area contributed by atoms with Gasteiger partial charge in [0.25, 0.3) is 5.91 Å². The Hall–Kier alpha value is -1.92. The van der Waals surface area contributed by atoms with Crippen LogP contribution < -0.4 is 10.2 Å². The molecule has 2 aromatic rings. The predicted molar refractivity (Wildman–Crippen MR) is 90.2 cm³/mol. The molecule has 0 aliphatic carbocycles. The molecule has 0 unspecified atom stereocenters. The number of aromatic nitrogens is 1. The molecule has 0 spiro atoms. The number of H-pyrrole nitrogens is 1. The molecule has 6 heteroatoms. The number of carbonyl (C=O) groups is 1. The lowest BCUT2D eigenvalue weighted by Gasteiger charge is -2.22. The van der Waals surface area contributed by atoms with E-state index in [0.29, 0.717) is 24.4 Å². The molecule has 2 heterocycles. The summed E-state index contributed by atoms with van der Waals surface area (Å²) in [7, 11) is 0. The van der Waals surface area contributed by atoms with E-state index in [-0.39, 0.29) is 10.8 Å². The van der Waals surface area contributed by atoms with Gasteiger partial charge in [0.1, 0.15) is 0 Å². The Morgan fingerprint density at radius 2 is 2.00 bits per heavy atom. The third-order valence-electron chi connectivity index (χ3n) is 4.12. The van der Waals surface area contributed by atoms with Crippen LogP contribution in [0.2, 0.25) is 0 Å². The minimum Gasteiger partial charge on any atom is -0.381 e. The van der Waals surface area contributed by atoms with Crippen LogP contribution in [-0.4, -0.2) is 30.6 Å². The Bertz CT molecular complexity index is 699. The van der Waals surface area contributed by atoms with Crippen LogP contribution in [0.25, 0.3) is 0 Å². The first kappa shape index (κ1) is 16.0. The number of amides is 1. The average molecular weight is 332 g/mol. The van der Waals surface area contributed by atoms with Gasteiger partial charge in [-0.3, -0.25) is 9.59 Å². The summed E-state index contributed by atoms with van der Waals surface area (Å²) in [5, 5.41) is 4.67. The SMILES string of the molecule is O=C(NCCc1csc(=O)[nH]1)c1ccc(C2CCOCC2)cc1. The average Bonchev–Trinajstić information content (AvgIpc) is 3.01. The van der Waals surface area contributed by atoms with Gasteiger partial charge in [0.05, 0.1) is 0 Å². The zero-order chi connectivity index (χ0) is 16.1. The van der Waals surface area contributed by atoms with Crippen LogP contribution in [0.15, 0.2) is 34.4 Å². The highest BCUT2D eigenvalue weighted by molar-refractivity contribution is 7.07. The van der Waals surface area contributed by atoms with E-state index >= 15 is 0 Å². The number of ether oxygens (including phenoxy) is 1. The van der Waals surface area contributed by atoms with E-state index < -0.39 is 0 Å². The number of hydrogen-bond donors (Lipinski definition) is 2. The van der Waals surface area contributed by atoms with Crippen LogP contribution in [-0.2, 0) is 11.2 Å². The van der Waals surface area contributed by atoms with Crippen molar-refractivity contribution in [2.45, 2.75) is 25.2 Å². The summed E-state index contributed by atoms with van der Waals surface area (Å²) in [6.07, 6.45) is 2.72. The fraction of sp³-hybridized carbons (Fsp3) is 0.412. The van der Waals surface area contributed by atoms with Gasteiger partial charge in [-0.1, -0.05) is 23.5 Å². The molecule has 1 aliphatic heterocycles. The van der Waals surface area contributed by atoms with Crippen LogP contribution in [0.1, 0.15) is 40.4 Å². The minimum atomic E-state index is -0.0823. The van der Waals surface area contributed by atoms with E-state index in [0.717, 1.165) is 43.1 Å². The van der Waals surface area contributed by atoms with Crippen LogP contribution in [0, 0.1) is 0 Å². The molecule has 5 nitrogen and oxygen atoms in total. The van der Waals surface area contributed by atoms with Crippen LogP contribution >= 0.6 is 11.3 Å². The van der Waals surface area contributed by atoms with E-state index in [2.05, 4.69) is 10.3 Å². The smallest absolute Gasteiger partial charge is 0.304 e. The largest absolute Gasteiger partial charge is 0.381 e. The molecular formula is C17H20N2O3S. The number of hydrogen-bond acceptors (Lipinski definition) is 4. The predicted octanol–water partition coefficient (Wildman–Crippen LogP) is 2.30. The van der Waals surface area contributed by atoms with Crippen molar-refractivity contribution in [2.24, 2.45) is 0 Å². The lowest BCUT2D eigenvalue weighted by Crippen LogP contribution is -2.26. The topological polar surface area (TPSA) is 71.2 Å². The second-order valence-electron chi connectivity index (χ2n) is 5.69. The van der Waals surface area contributed by atoms with Crippen molar-refractivity contribution in [3.8, 4) is 0 Å². The Balaban J connectivity index is 1.51. The molecule has 0 atom stereocenters. The monoisotopic (exact) mass is 332 g/mol. The Labute approximate surface area is 138 Å². The minimum absolute atomic E-state index is 0.0602. The fourth-order valence-corrected chi connectivity index (χ4v) is 3.40. The molecule has 1 aromatic heterocycles. The van der Waals surface area contributed by atoms with Gasteiger partial charge in [0.2, 0.25) is 0 Å². The van der Waals surface area contributed by atoms with E-state index in [9.17, 15) is 9.59 Å². The molecule has 0 radical (unpaired) electrons. The van der Waals surface area contributed by atoms with Gasteiger partial charge < -0.3 is 15.0 Å². The van der Waals surface area contributed by atoms with E-state index in [1.165, 1.54) is 5.56 Å². The molecule has 0 saturated carbocycles. The number of thiazole rings is 1. The Morgan fingerprint density at radius 3 is 2.65 bits per heavy atom. The van der Waals surface area contributed by atoms with Crippen LogP contribution in [0.3, 0.4) is 0 Å². The summed E-state index contributed by atoms with van der Waals surface area (Å²) < 4.78 is 5.38. The second kappa shape index (κ2) is 7.57. The zero-order valence-corrected chi connectivity index (χ0v) is 13.7. The molecule has 2 N–H and O–H groups in total. The maximum atomic E-state index is 12.1. The van der Waals surface area contributed by atoms with E-state index in [1.54, 1.807) is 5.38 Å². The van der Waals surface area contributed by atoms with Crippen molar-refractivity contribution in [1.82, 2.24) is 10.3 Å². The molecule has 1 aromatic carbocycles. The lowest BCUT2D eigenvalue weighted by atomic mass is 9.91. The van der Waals surface area contributed by atoms with Crippen LogP contribution in [0.4, 0.5) is 0 Å². The highest BCUT2D eigenvalue weighted by Crippen LogP contribution is 2.26. The van der Waals surface area contributed by atoms with Gasteiger partial charge in [-0.25, -0.2) is 0 Å². The summed E-state index contributed by atoms with van der Waals surface area (Å²) in [6, 6.07) is 7.85. The molecule has 1 fully saturated rings. The summed E-state index contributed by atoms with van der Waals surface area (Å²) in [6.45, 7) is 2.14. The molecule has 0 bridgehead atoms. The first-order chi connectivity index (χ1) is 11.2. The van der Waals surface area contributed by atoms with Crippen molar-refractivity contribution in [1.29, 1.82) is 0 Å². The third-order valence-corrected chi connectivity index (χ3v) is 4.83. The van der Waals surface area contributed by atoms with Crippen molar-refractivity contribution in [3.63, 3.8) is 0 Å². The number of nitrogens with one attached hydrogen (secondary N) is 2. The standard InChI is InChI=1S/C17H20N2O3S/c20-16(18-8-5-15-11-23-17(21)19-15)14-3-1-12(2-4-14)13-6-9-22-10-7-13/h1-4,11,13H,5-10H2,(H,18,20)(H,19,21). The summed E-state index contributed by atoms with van der Waals surface area (Å²) in [4.78, 5) is 25.8. The molecule has 1 amide bonds. The van der Waals surface area contributed by atoms with E-state index in [1.807, 2.05) is 24.3 Å². The number of carbonyl (C=O) groups excluding carboxylic acids is 1. The highest BCUT2D eigenvalue weighted by atomic mass is 32.1. The molecule has 1 saturated heterocycles. The van der Waals surface area contributed by atoms with Gasteiger partial charge >= 0.3 is 4.87 Å². The number of rotatable bonds is 5. The van der Waals surface area contributed by atoms with Crippen molar-refractivity contribution < 1.29 is 9.53 Å². The van der Waals surface area contributed by atoms with Gasteiger partial charge in [-0.05, 0) is 36.5 Å². The summed E-state index contributed by atoms with van der Waals surface area (Å²) in [5.41, 5.74) is 2.80. The van der Waals surface area contributed by atoms with E-state index in [4.69, 9.17) is 4.74 Å². The molecule has 3 rings (SSSR count). The highest BCUT2D eigenvalue weighted by Gasteiger charge is 2.16. The molecule has 122 valence electrons. The van der Waals surface area contributed by atoms with Crippen molar-refractivity contribution >= 4 is 17.2 Å². The molecule has 1 aliphatic rings. The van der Waals surface area contributed by atoms with Crippen molar-refractivity contribution in [3.05, 3.63) is 56.1 Å². The Morgan fingerprint density at radius 1 is 1.26 bits per heavy atom. The quantitative estimate of drug-likeness (QED) is 0.882. The first-order valence-electron chi connectivity index (χ1n) is 7.85. The molecular weight excluding hydrogens is 312 g/mol. The lowest BCUT2D eigenvalue weighted by molar-refractivity contribution is 0.0853. The van der Waals surface area contributed by atoms with Crippen LogP contribution in [0.5, 0.6) is 0 Å². The van der Waals surface area contributed by atoms with Gasteiger partial charge in [-0.2, -0.15) is 0 Å². The molecule has 23 heavy (non-hydrogen) atoms. The Kier molecular flexibility index (Phi) is 5.25. The second-order valence-corrected chi connectivity index (χ2v) is 6.53. The maximum Gasteiger partial charge on any atom is 0.304 e. The van der Waals surface area contributed by atoms with Gasteiger partial charge in [-0.15, -0.1) is 0 Å². The van der Waals surface area contributed by atoms with Gasteiger partial charge in [0.15, 0.2) is 0 Å². The summed E-state index contributed by atoms with van der Waals surface area (Å²) >= 11 is 1.14. The number of aromatic amines is 1. The third kappa shape index (κ3) is 4.30.